The van der Waals surface area contributed by atoms with Crippen molar-refractivity contribution < 1.29 is 47.2 Å². The van der Waals surface area contributed by atoms with E-state index in [1.54, 1.807) is 5.32 Å². The zero-order valence-corrected chi connectivity index (χ0v) is 23.8. The second-order valence-electron chi connectivity index (χ2n) is 8.73. The van der Waals surface area contributed by atoms with E-state index in [-0.39, 0.29) is 35.0 Å². The van der Waals surface area contributed by atoms with E-state index in [1.807, 2.05) is 0 Å². The second-order valence-corrected chi connectivity index (χ2v) is 11.2. The molecule has 3 N–H and O–H groups in total. The third kappa shape index (κ3) is 6.57. The molecule has 2 aromatic rings. The number of nitrogens with zero attached hydrogens (tertiary/aromatic N) is 4. The van der Waals surface area contributed by atoms with Crippen molar-refractivity contribution in [2.24, 2.45) is 5.16 Å². The predicted molar refractivity (Wildman–Crippen MR) is 146 cm³/mol. The number of aliphatic carboxylic acids is 1. The Morgan fingerprint density at radius 3 is 2.51 bits per heavy atom. The van der Waals surface area contributed by atoms with Gasteiger partial charge < -0.3 is 15.3 Å². The van der Waals surface area contributed by atoms with Crippen LogP contribution >= 0.6 is 34.7 Å². The van der Waals surface area contributed by atoms with Gasteiger partial charge >= 0.3 is 18.1 Å². The molecule has 1 aromatic carbocycles. The van der Waals surface area contributed by atoms with Crippen LogP contribution in [0.25, 0.3) is 0 Å². The number of carboxylic acids is 1. The molecule has 2 aliphatic heterocycles. The molecule has 0 bridgehead atoms. The molecule has 4 rings (SSSR count). The number of alkyl halides is 4. The Morgan fingerprint density at radius 1 is 1.28 bits per heavy atom. The molecule has 3 amide bonds. The number of hydrogen-bond donors (Lipinski definition) is 3. The van der Waals surface area contributed by atoms with Crippen LogP contribution in [0.5, 0.6) is 0 Å². The van der Waals surface area contributed by atoms with Gasteiger partial charge in [0.1, 0.15) is 29.9 Å². The molecule has 1 saturated heterocycles. The molecule has 1 fully saturated rings. The average molecular weight is 663 g/mol. The fraction of sp³-hybridized carbons (Fsp3) is 0.304. The van der Waals surface area contributed by atoms with Crippen LogP contribution in [0, 0.1) is 10.1 Å². The zero-order valence-electron chi connectivity index (χ0n) is 21.5. The highest BCUT2D eigenvalue weighted by Crippen LogP contribution is 2.45. The van der Waals surface area contributed by atoms with Gasteiger partial charge in [-0.15, -0.1) is 34.7 Å². The Kier molecular flexibility index (Phi) is 9.26. The molecular weight excluding hydrogens is 645 g/mol. The molecule has 1 aromatic heterocycles. The fourth-order valence-electron chi connectivity index (χ4n) is 4.17. The summed E-state index contributed by atoms with van der Waals surface area (Å²) in [5, 5.41) is 27.6. The van der Waals surface area contributed by atoms with Crippen molar-refractivity contribution in [2.45, 2.75) is 29.3 Å². The lowest BCUT2D eigenvalue weighted by atomic mass is 9.98. The molecule has 0 aliphatic carbocycles. The number of nitro groups is 1. The molecule has 14 nitrogen and oxygen atoms in total. The first kappa shape index (κ1) is 31.7. The lowest BCUT2D eigenvalue weighted by Crippen LogP contribution is -2.71. The van der Waals surface area contributed by atoms with E-state index < -0.39 is 62.3 Å². The summed E-state index contributed by atoms with van der Waals surface area (Å²) in [6, 6.07) is 4.35. The number of nitro benzene ring substituents is 1. The summed E-state index contributed by atoms with van der Waals surface area (Å²) < 4.78 is 37.7. The summed E-state index contributed by atoms with van der Waals surface area (Å²) in [5.41, 5.74) is -0.423. The SMILES string of the molecule is CON=C(C(=O)NC1C(=O)N2C(C(=O)O)=C(CCl)C(Cc3ccc([N+](=O)[O-])cc3)S[C@H]12)c1csc(NC(=O)C(F)(F)F)n1. The fourth-order valence-corrected chi connectivity index (χ4v) is 6.93. The number of thiazole rings is 1. The van der Waals surface area contributed by atoms with Gasteiger partial charge in [-0.2, -0.15) is 13.2 Å². The van der Waals surface area contributed by atoms with Gasteiger partial charge in [0, 0.05) is 28.6 Å². The van der Waals surface area contributed by atoms with Crippen LogP contribution in [-0.4, -0.2) is 85.1 Å². The smallest absolute Gasteiger partial charge is 0.471 e. The Hall–Kier alpha value is -4.23. The number of rotatable bonds is 10. The molecule has 2 unspecified atom stereocenters. The molecule has 3 atom stereocenters. The standard InChI is InChI=1S/C23H18ClF3N6O8S2/c1-41-31-14(12-8-42-22(28-12)30-21(38)23(25,26)27)17(34)29-15-18(35)32-16(20(36)37)11(7-24)13(43-19(15)32)6-9-2-4-10(5-3-9)33(39)40/h2-5,8,13,15,19H,6-7H2,1H3,(H,29,34)(H,36,37)(H,28,30,38)/t13?,15?,19-/m1/s1. The summed E-state index contributed by atoms with van der Waals surface area (Å²) in [6.45, 7) is 0. The molecule has 228 valence electrons. The minimum absolute atomic E-state index is 0.138. The summed E-state index contributed by atoms with van der Waals surface area (Å²) in [5.74, 6) is -5.73. The third-order valence-electron chi connectivity index (χ3n) is 6.10. The number of aromatic nitrogens is 1. The van der Waals surface area contributed by atoms with Gasteiger partial charge in [0.2, 0.25) is 0 Å². The van der Waals surface area contributed by atoms with Crippen LogP contribution in [0.4, 0.5) is 24.0 Å². The molecular formula is C23H18ClF3N6O8S2. The predicted octanol–water partition coefficient (Wildman–Crippen LogP) is 2.49. The van der Waals surface area contributed by atoms with Gasteiger partial charge in [-0.1, -0.05) is 17.3 Å². The molecule has 3 heterocycles. The van der Waals surface area contributed by atoms with Gasteiger partial charge in [0.05, 0.1) is 4.92 Å². The number of oxime groups is 1. The van der Waals surface area contributed by atoms with Gasteiger partial charge in [-0.25, -0.2) is 9.78 Å². The Balaban J connectivity index is 1.55. The van der Waals surface area contributed by atoms with Crippen molar-refractivity contribution in [1.29, 1.82) is 0 Å². The second kappa shape index (κ2) is 12.6. The molecule has 2 aliphatic rings. The van der Waals surface area contributed by atoms with Crippen LogP contribution in [0.3, 0.4) is 0 Å². The number of halogens is 4. The van der Waals surface area contributed by atoms with Crippen LogP contribution in [0.15, 0.2) is 46.1 Å². The van der Waals surface area contributed by atoms with Gasteiger partial charge in [-0.05, 0) is 17.6 Å². The minimum atomic E-state index is -5.18. The van der Waals surface area contributed by atoms with Crippen molar-refractivity contribution in [3.8, 4) is 0 Å². The maximum atomic E-state index is 13.1. The molecule has 0 radical (unpaired) electrons. The van der Waals surface area contributed by atoms with Crippen LogP contribution in [0.2, 0.25) is 0 Å². The van der Waals surface area contributed by atoms with Crippen molar-refractivity contribution in [2.75, 3.05) is 18.3 Å². The van der Waals surface area contributed by atoms with E-state index >= 15 is 0 Å². The van der Waals surface area contributed by atoms with E-state index in [1.165, 1.54) is 24.3 Å². The number of non-ortho nitro benzene ring substituents is 1. The highest BCUT2D eigenvalue weighted by atomic mass is 35.5. The molecule has 0 spiro atoms. The number of amides is 3. The van der Waals surface area contributed by atoms with E-state index in [0.29, 0.717) is 16.9 Å². The molecule has 20 heteroatoms. The largest absolute Gasteiger partial charge is 0.477 e. The van der Waals surface area contributed by atoms with E-state index in [4.69, 9.17) is 11.6 Å². The minimum Gasteiger partial charge on any atom is -0.477 e. The Morgan fingerprint density at radius 2 is 1.95 bits per heavy atom. The van der Waals surface area contributed by atoms with E-state index in [2.05, 4.69) is 20.3 Å². The van der Waals surface area contributed by atoms with Crippen LogP contribution in [-0.2, 0) is 30.4 Å². The summed E-state index contributed by atoms with van der Waals surface area (Å²) in [7, 11) is 1.08. The van der Waals surface area contributed by atoms with Crippen molar-refractivity contribution >= 4 is 74.9 Å². The summed E-state index contributed by atoms with van der Waals surface area (Å²) in [6.07, 6.45) is -4.98. The number of benzene rings is 1. The highest BCUT2D eigenvalue weighted by Gasteiger charge is 2.56. The van der Waals surface area contributed by atoms with Crippen molar-refractivity contribution in [3.05, 3.63) is 62.3 Å². The summed E-state index contributed by atoms with van der Waals surface area (Å²) in [4.78, 5) is 69.4. The number of fused-ring (bicyclic) bond motifs is 1. The number of hydrogen-bond acceptors (Lipinski definition) is 11. The van der Waals surface area contributed by atoms with Gasteiger partial charge in [-0.3, -0.25) is 34.7 Å². The van der Waals surface area contributed by atoms with Crippen molar-refractivity contribution in [1.82, 2.24) is 15.2 Å². The van der Waals surface area contributed by atoms with E-state index in [0.717, 1.165) is 29.2 Å². The highest BCUT2D eigenvalue weighted by molar-refractivity contribution is 8.00. The Bertz CT molecular complexity index is 1550. The number of carbonyl (C=O) groups is 4. The number of nitrogens with one attached hydrogen (secondary N) is 2. The van der Waals surface area contributed by atoms with Crippen LogP contribution < -0.4 is 10.6 Å². The summed E-state index contributed by atoms with van der Waals surface area (Å²) >= 11 is 7.81. The van der Waals surface area contributed by atoms with Crippen molar-refractivity contribution in [3.63, 3.8) is 0 Å². The maximum absolute atomic E-state index is 13.1. The lowest BCUT2D eigenvalue weighted by molar-refractivity contribution is -0.384. The topological polar surface area (TPSA) is 193 Å². The number of carboxylic acid groups (broad SMARTS) is 1. The lowest BCUT2D eigenvalue weighted by Gasteiger charge is -2.51. The normalized spacial score (nSPS) is 20.2. The van der Waals surface area contributed by atoms with Crippen LogP contribution in [0.1, 0.15) is 11.3 Å². The third-order valence-corrected chi connectivity index (χ3v) is 8.69. The number of β-lactam (4-membered cyclic amide) rings is 1. The number of thioether (sulfide) groups is 1. The van der Waals surface area contributed by atoms with Gasteiger partial charge in [0.25, 0.3) is 17.5 Å². The maximum Gasteiger partial charge on any atom is 0.471 e. The average Bonchev–Trinajstić information content (AvgIpc) is 3.41. The Labute approximate surface area is 252 Å². The van der Waals surface area contributed by atoms with E-state index in [9.17, 15) is 47.6 Å². The first-order valence-corrected chi connectivity index (χ1v) is 14.1. The van der Waals surface area contributed by atoms with Gasteiger partial charge in [0.15, 0.2) is 10.8 Å². The first-order chi connectivity index (χ1) is 20.3. The monoisotopic (exact) mass is 662 g/mol. The first-order valence-electron chi connectivity index (χ1n) is 11.8. The molecule has 43 heavy (non-hydrogen) atoms. The molecule has 0 saturated carbocycles. The number of anilines is 1. The quantitative estimate of drug-likeness (QED) is 0.112. The number of carbonyl (C=O) groups excluding carboxylic acids is 3. The zero-order chi connectivity index (χ0) is 31.6.